The van der Waals surface area contributed by atoms with Crippen molar-refractivity contribution in [2.24, 2.45) is 0 Å². The molecular formula is C23H24F3N5O3. The summed E-state index contributed by atoms with van der Waals surface area (Å²) in [5.74, 6) is -0.791. The van der Waals surface area contributed by atoms with Crippen LogP contribution in [0, 0.1) is 0 Å². The molecule has 0 saturated carbocycles. The van der Waals surface area contributed by atoms with Crippen LogP contribution in [0.1, 0.15) is 22.8 Å². The lowest BCUT2D eigenvalue weighted by atomic mass is 10.1. The number of carbonyl (C=O) groups is 1. The SMILES string of the molecule is CCn1c(=O)[nH]c2cc(C(=O)Nc3ccc(N4CCN(C)CC4)cc3C(F)(F)F)ccc2c1=O. The monoisotopic (exact) mass is 475 g/mol. The smallest absolute Gasteiger partial charge is 0.369 e. The van der Waals surface area contributed by atoms with Gasteiger partial charge in [-0.05, 0) is 50.4 Å². The second-order valence-corrected chi connectivity index (χ2v) is 8.21. The molecule has 0 spiro atoms. The van der Waals surface area contributed by atoms with Gasteiger partial charge in [0.2, 0.25) is 0 Å². The standard InChI is InChI=1S/C23H24F3N5O3/c1-3-31-21(33)16-6-4-14(12-19(16)28-22(31)34)20(32)27-18-7-5-15(13-17(18)23(24,25)26)30-10-8-29(2)9-11-30/h4-7,12-13H,3,8-11H2,1-2H3,(H,27,32)(H,28,34). The molecule has 1 aromatic heterocycles. The Morgan fingerprint density at radius 3 is 2.41 bits per heavy atom. The van der Waals surface area contributed by atoms with Crippen molar-refractivity contribution in [3.63, 3.8) is 0 Å². The number of H-pyrrole nitrogens is 1. The number of nitrogens with one attached hydrogen (secondary N) is 2. The van der Waals surface area contributed by atoms with E-state index in [9.17, 15) is 27.6 Å². The topological polar surface area (TPSA) is 90.4 Å². The zero-order valence-corrected chi connectivity index (χ0v) is 18.7. The number of nitrogens with zero attached hydrogens (tertiary/aromatic N) is 3. The first-order valence-electron chi connectivity index (χ1n) is 10.8. The molecule has 1 fully saturated rings. The van der Waals surface area contributed by atoms with Crippen LogP contribution in [-0.4, -0.2) is 53.6 Å². The Labute approximate surface area is 192 Å². The molecular weight excluding hydrogens is 451 g/mol. The molecule has 11 heteroatoms. The predicted molar refractivity (Wildman–Crippen MR) is 124 cm³/mol. The van der Waals surface area contributed by atoms with E-state index >= 15 is 0 Å². The van der Waals surface area contributed by atoms with Crippen LogP contribution >= 0.6 is 0 Å². The minimum atomic E-state index is -4.68. The van der Waals surface area contributed by atoms with E-state index < -0.39 is 28.9 Å². The maximum Gasteiger partial charge on any atom is 0.418 e. The molecule has 2 aromatic carbocycles. The molecule has 2 heterocycles. The number of carbonyl (C=O) groups excluding carboxylic acids is 1. The van der Waals surface area contributed by atoms with Crippen LogP contribution in [0.4, 0.5) is 24.5 Å². The first-order valence-corrected chi connectivity index (χ1v) is 10.8. The van der Waals surface area contributed by atoms with Gasteiger partial charge in [0.1, 0.15) is 0 Å². The van der Waals surface area contributed by atoms with E-state index in [1.54, 1.807) is 13.0 Å². The first kappa shape index (κ1) is 23.6. The van der Waals surface area contributed by atoms with Gasteiger partial charge in [0.25, 0.3) is 11.5 Å². The zero-order valence-electron chi connectivity index (χ0n) is 18.7. The summed E-state index contributed by atoms with van der Waals surface area (Å²) in [6.45, 7) is 4.53. The predicted octanol–water partition coefficient (Wildman–Crippen LogP) is 2.73. The number of hydrogen-bond acceptors (Lipinski definition) is 5. The van der Waals surface area contributed by atoms with Crippen molar-refractivity contribution in [1.29, 1.82) is 0 Å². The molecule has 1 aliphatic rings. The van der Waals surface area contributed by atoms with E-state index in [1.165, 1.54) is 24.3 Å². The van der Waals surface area contributed by atoms with Gasteiger partial charge >= 0.3 is 11.9 Å². The Hall–Kier alpha value is -3.60. The van der Waals surface area contributed by atoms with Crippen LogP contribution in [0.2, 0.25) is 0 Å². The van der Waals surface area contributed by atoms with Gasteiger partial charge in [0.05, 0.1) is 22.2 Å². The van der Waals surface area contributed by atoms with Crippen LogP contribution in [0.15, 0.2) is 46.0 Å². The number of rotatable bonds is 4. The van der Waals surface area contributed by atoms with Gasteiger partial charge in [0.15, 0.2) is 0 Å². The molecule has 0 aliphatic carbocycles. The largest absolute Gasteiger partial charge is 0.418 e. The lowest BCUT2D eigenvalue weighted by Crippen LogP contribution is -2.44. The molecule has 180 valence electrons. The molecule has 2 N–H and O–H groups in total. The summed E-state index contributed by atoms with van der Waals surface area (Å²) in [4.78, 5) is 43.8. The summed E-state index contributed by atoms with van der Waals surface area (Å²) in [6.07, 6.45) is -4.68. The number of hydrogen-bond donors (Lipinski definition) is 2. The fraction of sp³-hybridized carbons (Fsp3) is 0.348. The molecule has 1 aliphatic heterocycles. The van der Waals surface area contributed by atoms with Crippen LogP contribution in [0.5, 0.6) is 0 Å². The van der Waals surface area contributed by atoms with Crippen molar-refractivity contribution in [1.82, 2.24) is 14.5 Å². The number of piperazine rings is 1. The molecule has 8 nitrogen and oxygen atoms in total. The van der Waals surface area contributed by atoms with Gasteiger partial charge in [-0.3, -0.25) is 14.2 Å². The zero-order chi connectivity index (χ0) is 24.6. The van der Waals surface area contributed by atoms with Gasteiger partial charge < -0.3 is 20.1 Å². The highest BCUT2D eigenvalue weighted by Gasteiger charge is 2.35. The first-order chi connectivity index (χ1) is 16.1. The van der Waals surface area contributed by atoms with Gasteiger partial charge in [-0.1, -0.05) is 0 Å². The van der Waals surface area contributed by atoms with Crippen LogP contribution in [0.25, 0.3) is 10.9 Å². The van der Waals surface area contributed by atoms with Crippen molar-refractivity contribution < 1.29 is 18.0 Å². The van der Waals surface area contributed by atoms with Crippen LogP contribution in [-0.2, 0) is 12.7 Å². The molecule has 1 saturated heterocycles. The minimum Gasteiger partial charge on any atom is -0.369 e. The summed E-state index contributed by atoms with van der Waals surface area (Å²) >= 11 is 0. The highest BCUT2D eigenvalue weighted by atomic mass is 19.4. The number of benzene rings is 2. The Kier molecular flexibility index (Phi) is 6.22. The Balaban J connectivity index is 1.65. The summed E-state index contributed by atoms with van der Waals surface area (Å²) in [5, 5.41) is 2.53. The average Bonchev–Trinajstić information content (AvgIpc) is 2.79. The lowest BCUT2D eigenvalue weighted by molar-refractivity contribution is -0.136. The third-order valence-electron chi connectivity index (χ3n) is 5.99. The number of alkyl halides is 3. The average molecular weight is 475 g/mol. The Morgan fingerprint density at radius 1 is 1.06 bits per heavy atom. The molecule has 0 bridgehead atoms. The molecule has 0 radical (unpaired) electrons. The number of aromatic amines is 1. The van der Waals surface area contributed by atoms with Crippen LogP contribution < -0.4 is 21.5 Å². The maximum atomic E-state index is 13.8. The highest BCUT2D eigenvalue weighted by molar-refractivity contribution is 6.06. The summed E-state index contributed by atoms with van der Waals surface area (Å²) < 4.78 is 42.5. The second kappa shape index (κ2) is 8.98. The van der Waals surface area contributed by atoms with Crippen molar-refractivity contribution in [2.75, 3.05) is 43.4 Å². The van der Waals surface area contributed by atoms with Crippen molar-refractivity contribution in [3.05, 3.63) is 68.4 Å². The summed E-state index contributed by atoms with van der Waals surface area (Å²) in [6, 6.07) is 7.84. The number of fused-ring (bicyclic) bond motifs is 1. The summed E-state index contributed by atoms with van der Waals surface area (Å²) in [5.41, 5.74) is -1.87. The van der Waals surface area contributed by atoms with Crippen molar-refractivity contribution >= 4 is 28.2 Å². The normalized spacial score (nSPS) is 15.0. The fourth-order valence-electron chi connectivity index (χ4n) is 4.01. The molecule has 3 aromatic rings. The molecule has 0 atom stereocenters. The number of amides is 1. The Morgan fingerprint density at radius 2 is 1.76 bits per heavy atom. The molecule has 4 rings (SSSR count). The minimum absolute atomic E-state index is 0.00747. The van der Waals surface area contributed by atoms with Crippen molar-refractivity contribution in [3.8, 4) is 0 Å². The van der Waals surface area contributed by atoms with Crippen LogP contribution in [0.3, 0.4) is 0 Å². The number of likely N-dealkylation sites (N-methyl/N-ethyl adjacent to an activating group) is 1. The Bertz CT molecular complexity index is 1350. The quantitative estimate of drug-likeness (QED) is 0.606. The van der Waals surface area contributed by atoms with E-state index in [-0.39, 0.29) is 28.7 Å². The molecule has 0 unspecified atom stereocenters. The highest BCUT2D eigenvalue weighted by Crippen LogP contribution is 2.37. The molecule has 34 heavy (non-hydrogen) atoms. The number of halogens is 3. The van der Waals surface area contributed by atoms with Gasteiger partial charge in [-0.15, -0.1) is 0 Å². The van der Waals surface area contributed by atoms with E-state index in [1.807, 2.05) is 11.9 Å². The van der Waals surface area contributed by atoms with Gasteiger partial charge in [-0.25, -0.2) is 4.79 Å². The van der Waals surface area contributed by atoms with Gasteiger partial charge in [0, 0.05) is 44.0 Å². The van der Waals surface area contributed by atoms with E-state index in [0.717, 1.165) is 23.7 Å². The fourth-order valence-corrected chi connectivity index (χ4v) is 4.01. The van der Waals surface area contributed by atoms with E-state index in [4.69, 9.17) is 0 Å². The number of aromatic nitrogens is 2. The summed E-state index contributed by atoms with van der Waals surface area (Å²) in [7, 11) is 1.96. The third kappa shape index (κ3) is 4.56. The third-order valence-corrected chi connectivity index (χ3v) is 5.99. The number of anilines is 2. The van der Waals surface area contributed by atoms with Gasteiger partial charge in [-0.2, -0.15) is 13.2 Å². The van der Waals surface area contributed by atoms with E-state index in [2.05, 4.69) is 15.2 Å². The van der Waals surface area contributed by atoms with Crippen molar-refractivity contribution in [2.45, 2.75) is 19.6 Å². The maximum absolute atomic E-state index is 13.8. The lowest BCUT2D eigenvalue weighted by Gasteiger charge is -2.34. The molecule has 1 amide bonds. The van der Waals surface area contributed by atoms with E-state index in [0.29, 0.717) is 18.8 Å². The second-order valence-electron chi connectivity index (χ2n) is 8.21.